The lowest BCUT2D eigenvalue weighted by molar-refractivity contribution is -0.143. The third-order valence-electron chi connectivity index (χ3n) is 9.34. The largest absolute Gasteiger partial charge is 0.416 e. The average Bonchev–Trinajstić information content (AvgIpc) is 3.00. The fraction of sp³-hybridized carbons (Fsp3) is 0.441. The maximum Gasteiger partial charge on any atom is 0.416 e. The van der Waals surface area contributed by atoms with Gasteiger partial charge in [-0.1, -0.05) is 42.5 Å². The number of rotatable bonds is 7. The molecule has 1 heterocycles. The second-order valence-corrected chi connectivity index (χ2v) is 11.9. The van der Waals surface area contributed by atoms with Crippen molar-refractivity contribution >= 4 is 5.78 Å². The zero-order chi connectivity index (χ0) is 30.8. The highest BCUT2D eigenvalue weighted by atomic mass is 19.4. The first-order valence-corrected chi connectivity index (χ1v) is 14.7. The Morgan fingerprint density at radius 3 is 1.86 bits per heavy atom. The summed E-state index contributed by atoms with van der Waals surface area (Å²) in [4.78, 5) is 16.3. The summed E-state index contributed by atoms with van der Waals surface area (Å²) in [5.41, 5.74) is -1.75. The molecule has 0 bridgehead atoms. The lowest BCUT2D eigenvalue weighted by atomic mass is 9.64. The molecule has 0 aromatic heterocycles. The van der Waals surface area contributed by atoms with Crippen LogP contribution in [0.3, 0.4) is 0 Å². The molecule has 1 aliphatic heterocycles. The van der Waals surface area contributed by atoms with Crippen LogP contribution in [-0.2, 0) is 29.0 Å². The summed E-state index contributed by atoms with van der Waals surface area (Å²) in [7, 11) is 0. The number of nitrogens with zero attached hydrogens (tertiary/aromatic N) is 1. The van der Waals surface area contributed by atoms with Crippen molar-refractivity contribution in [2.75, 3.05) is 13.1 Å². The van der Waals surface area contributed by atoms with Gasteiger partial charge in [0.2, 0.25) is 0 Å². The van der Waals surface area contributed by atoms with Crippen molar-refractivity contribution in [3.8, 4) is 0 Å². The molecular weight excluding hydrogens is 571 g/mol. The van der Waals surface area contributed by atoms with Crippen LogP contribution in [0.25, 0.3) is 0 Å². The highest BCUT2D eigenvalue weighted by Crippen LogP contribution is 2.44. The average molecular weight is 606 g/mol. The van der Waals surface area contributed by atoms with Crippen molar-refractivity contribution in [1.82, 2.24) is 4.90 Å². The first kappa shape index (κ1) is 31.2. The highest BCUT2D eigenvalue weighted by Gasteiger charge is 2.44. The number of likely N-dealkylation sites (tertiary alicyclic amines) is 1. The third kappa shape index (κ3) is 7.14. The zero-order valence-electron chi connectivity index (χ0n) is 23.7. The molecule has 0 radical (unpaired) electrons. The summed E-state index contributed by atoms with van der Waals surface area (Å²) in [6.45, 7) is 1.80. The maximum absolute atomic E-state index is 13.9. The van der Waals surface area contributed by atoms with Crippen molar-refractivity contribution in [3.63, 3.8) is 0 Å². The molecule has 2 nitrogen and oxygen atoms in total. The third-order valence-corrected chi connectivity index (χ3v) is 9.34. The number of carbonyl (C=O) groups excluding carboxylic acids is 1. The molecule has 2 aliphatic rings. The molecule has 0 unspecified atom stereocenters. The van der Waals surface area contributed by atoms with Gasteiger partial charge in [0.05, 0.1) is 16.5 Å². The topological polar surface area (TPSA) is 20.3 Å². The van der Waals surface area contributed by atoms with Crippen molar-refractivity contribution in [2.45, 2.75) is 81.1 Å². The standard InChI is InChI=1S/C34H34F7NO/c35-29-9-7-24(8-10-29)25-14-18-42(19-15-25)30-12-16-32(17-13-30,26-4-2-1-3-5-26)31(43)11-6-23-20-27(33(36,37)38)22-28(21-23)34(39,40)41/h1-5,7-10,20-22,25,30H,6,11-19H2/t30-,32+. The van der Waals surface area contributed by atoms with Crippen LogP contribution in [-0.4, -0.2) is 29.8 Å². The van der Waals surface area contributed by atoms with Gasteiger partial charge in [-0.2, -0.15) is 26.3 Å². The molecule has 0 atom stereocenters. The monoisotopic (exact) mass is 605 g/mol. The number of hydrogen-bond donors (Lipinski definition) is 0. The normalized spacial score (nSPS) is 22.4. The molecule has 1 saturated heterocycles. The van der Waals surface area contributed by atoms with E-state index in [0.29, 0.717) is 30.9 Å². The minimum atomic E-state index is -4.93. The summed E-state index contributed by atoms with van der Waals surface area (Å²) < 4.78 is 93.6. The first-order chi connectivity index (χ1) is 20.3. The summed E-state index contributed by atoms with van der Waals surface area (Å²) in [5.74, 6) is -0.0296. The van der Waals surface area contributed by atoms with Crippen LogP contribution in [0, 0.1) is 5.82 Å². The molecule has 0 N–H and O–H groups in total. The van der Waals surface area contributed by atoms with Crippen LogP contribution in [0.1, 0.15) is 78.7 Å². The van der Waals surface area contributed by atoms with E-state index in [1.807, 2.05) is 42.5 Å². The van der Waals surface area contributed by atoms with Gasteiger partial charge in [-0.3, -0.25) is 4.79 Å². The molecule has 5 rings (SSSR count). The van der Waals surface area contributed by atoms with E-state index in [2.05, 4.69) is 4.90 Å². The molecule has 0 amide bonds. The first-order valence-electron chi connectivity index (χ1n) is 14.7. The summed E-state index contributed by atoms with van der Waals surface area (Å²) in [5, 5.41) is 0. The molecule has 3 aromatic rings. The SMILES string of the molecule is O=C(CCc1cc(C(F)(F)F)cc(C(F)(F)F)c1)[C@]1(c2ccccc2)CC[C@H](N2CCC(c3ccc(F)cc3)CC2)CC1. The number of hydrogen-bond acceptors (Lipinski definition) is 2. The highest BCUT2D eigenvalue weighted by molar-refractivity contribution is 5.90. The predicted molar refractivity (Wildman–Crippen MR) is 150 cm³/mol. The second-order valence-electron chi connectivity index (χ2n) is 11.9. The molecular formula is C34H34F7NO. The number of halogens is 7. The summed E-state index contributed by atoms with van der Waals surface area (Å²) in [6.07, 6.45) is -5.64. The van der Waals surface area contributed by atoms with E-state index in [-0.39, 0.29) is 42.1 Å². The van der Waals surface area contributed by atoms with Crippen LogP contribution in [0.4, 0.5) is 30.7 Å². The van der Waals surface area contributed by atoms with Crippen molar-refractivity contribution in [3.05, 3.63) is 106 Å². The quantitative estimate of drug-likeness (QED) is 0.251. The number of aryl methyl sites for hydroxylation is 1. The van der Waals surface area contributed by atoms with Gasteiger partial charge in [0.25, 0.3) is 0 Å². The zero-order valence-corrected chi connectivity index (χ0v) is 23.7. The molecule has 0 spiro atoms. The van der Waals surface area contributed by atoms with Gasteiger partial charge in [-0.05, 0) is 111 Å². The predicted octanol–water partition coefficient (Wildman–Crippen LogP) is 9.13. The van der Waals surface area contributed by atoms with Gasteiger partial charge in [0.1, 0.15) is 11.6 Å². The lowest BCUT2D eigenvalue weighted by Crippen LogP contribution is -2.48. The van der Waals surface area contributed by atoms with Crippen molar-refractivity contribution < 1.29 is 35.5 Å². The van der Waals surface area contributed by atoms with Crippen LogP contribution in [0.5, 0.6) is 0 Å². The van der Waals surface area contributed by atoms with Crippen LogP contribution in [0.2, 0.25) is 0 Å². The van der Waals surface area contributed by atoms with E-state index in [4.69, 9.17) is 0 Å². The molecule has 1 saturated carbocycles. The Morgan fingerprint density at radius 2 is 1.33 bits per heavy atom. The molecule has 9 heteroatoms. The van der Waals surface area contributed by atoms with Gasteiger partial charge in [0, 0.05) is 12.5 Å². The number of Topliss-reactive ketones (excluding diaryl/α,β-unsaturated/α-hetero) is 1. The minimum Gasteiger partial charge on any atom is -0.300 e. The number of carbonyl (C=O) groups is 1. The van der Waals surface area contributed by atoms with Gasteiger partial charge < -0.3 is 4.90 Å². The Balaban J connectivity index is 1.28. The van der Waals surface area contributed by atoms with E-state index in [1.165, 1.54) is 12.1 Å². The number of alkyl halides is 6. The van der Waals surface area contributed by atoms with Crippen molar-refractivity contribution in [2.24, 2.45) is 0 Å². The van der Waals surface area contributed by atoms with E-state index in [9.17, 15) is 35.5 Å². The molecule has 3 aromatic carbocycles. The van der Waals surface area contributed by atoms with Crippen molar-refractivity contribution in [1.29, 1.82) is 0 Å². The molecule has 230 valence electrons. The Kier molecular flexibility index (Phi) is 9.02. The van der Waals surface area contributed by atoms with Crippen LogP contribution in [0.15, 0.2) is 72.8 Å². The fourth-order valence-corrected chi connectivity index (χ4v) is 6.94. The Hall–Kier alpha value is -3.20. The lowest BCUT2D eigenvalue weighted by Gasteiger charge is -2.45. The Labute approximate surface area is 246 Å². The molecule has 1 aliphatic carbocycles. The molecule has 2 fully saturated rings. The van der Waals surface area contributed by atoms with Gasteiger partial charge in [-0.15, -0.1) is 0 Å². The second kappa shape index (κ2) is 12.4. The number of benzene rings is 3. The number of ketones is 1. The van der Waals surface area contributed by atoms with Gasteiger partial charge in [-0.25, -0.2) is 4.39 Å². The van der Waals surface area contributed by atoms with E-state index >= 15 is 0 Å². The Bertz CT molecular complexity index is 1350. The number of piperidine rings is 1. The smallest absolute Gasteiger partial charge is 0.300 e. The fourth-order valence-electron chi connectivity index (χ4n) is 6.94. The maximum atomic E-state index is 13.9. The minimum absolute atomic E-state index is 0.112. The Morgan fingerprint density at radius 1 is 0.767 bits per heavy atom. The summed E-state index contributed by atoms with van der Waals surface area (Å²) >= 11 is 0. The van der Waals surface area contributed by atoms with E-state index < -0.39 is 28.9 Å². The summed E-state index contributed by atoms with van der Waals surface area (Å²) in [6, 6.07) is 17.8. The van der Waals surface area contributed by atoms with Crippen LogP contribution >= 0.6 is 0 Å². The van der Waals surface area contributed by atoms with Gasteiger partial charge >= 0.3 is 12.4 Å². The van der Waals surface area contributed by atoms with E-state index in [1.54, 1.807) is 0 Å². The van der Waals surface area contributed by atoms with E-state index in [0.717, 1.165) is 49.9 Å². The van der Waals surface area contributed by atoms with Crippen LogP contribution < -0.4 is 0 Å². The molecule has 43 heavy (non-hydrogen) atoms. The van der Waals surface area contributed by atoms with Gasteiger partial charge in [0.15, 0.2) is 0 Å².